The number of piperidine rings is 2. The first-order chi connectivity index (χ1) is 13.6. The Labute approximate surface area is 170 Å². The monoisotopic (exact) mass is 401 g/mol. The van der Waals surface area contributed by atoms with Crippen LogP contribution in [-0.4, -0.2) is 65.5 Å². The van der Waals surface area contributed by atoms with Crippen molar-refractivity contribution >= 4 is 35.2 Å². The number of fused-ring (bicyclic) bond motifs is 1. The van der Waals surface area contributed by atoms with Gasteiger partial charge in [0.2, 0.25) is 11.8 Å². The molecule has 1 aromatic carbocycles. The van der Waals surface area contributed by atoms with Crippen molar-refractivity contribution in [2.45, 2.75) is 48.7 Å². The standard InChI is InChI=1S/C21H27N3O3S/c25-18(22-11-5-1-6-12-22)15-24-16-9-3-4-10-17(16)28-19(21(24)27)20(26)23-13-7-2-8-14-23/h3-4,9-10,19H,1-2,5-8,11-15H2. The summed E-state index contributed by atoms with van der Waals surface area (Å²) in [6, 6.07) is 7.58. The minimum atomic E-state index is -0.790. The summed E-state index contributed by atoms with van der Waals surface area (Å²) in [4.78, 5) is 45.3. The van der Waals surface area contributed by atoms with Gasteiger partial charge in [0, 0.05) is 31.1 Å². The summed E-state index contributed by atoms with van der Waals surface area (Å²) in [7, 11) is 0. The second-order valence-electron chi connectivity index (χ2n) is 7.72. The summed E-state index contributed by atoms with van der Waals surface area (Å²) in [5.74, 6) is -0.400. The smallest absolute Gasteiger partial charge is 0.250 e. The number of carbonyl (C=O) groups excluding carboxylic acids is 3. The van der Waals surface area contributed by atoms with Gasteiger partial charge in [0.1, 0.15) is 6.54 Å². The number of carbonyl (C=O) groups is 3. The van der Waals surface area contributed by atoms with Crippen molar-refractivity contribution in [2.75, 3.05) is 37.6 Å². The van der Waals surface area contributed by atoms with Gasteiger partial charge in [-0.1, -0.05) is 12.1 Å². The SMILES string of the molecule is O=C(CN1C(=O)C(C(=O)N2CCCCC2)Sc2ccccc21)N1CCCCC1. The number of thioether (sulfide) groups is 1. The summed E-state index contributed by atoms with van der Waals surface area (Å²) in [5.41, 5.74) is 0.741. The van der Waals surface area contributed by atoms with Crippen LogP contribution < -0.4 is 4.90 Å². The fraction of sp³-hybridized carbons (Fsp3) is 0.571. The van der Waals surface area contributed by atoms with Crippen molar-refractivity contribution in [3.8, 4) is 0 Å². The lowest BCUT2D eigenvalue weighted by Crippen LogP contribution is -2.53. The Morgan fingerprint density at radius 2 is 1.50 bits per heavy atom. The van der Waals surface area contributed by atoms with Gasteiger partial charge in [-0.2, -0.15) is 0 Å². The van der Waals surface area contributed by atoms with Crippen molar-refractivity contribution < 1.29 is 14.4 Å². The van der Waals surface area contributed by atoms with Crippen LogP contribution in [-0.2, 0) is 14.4 Å². The van der Waals surface area contributed by atoms with E-state index in [1.165, 1.54) is 16.7 Å². The van der Waals surface area contributed by atoms with Gasteiger partial charge in [-0.05, 0) is 50.7 Å². The topological polar surface area (TPSA) is 60.9 Å². The van der Waals surface area contributed by atoms with Crippen LogP contribution in [0.1, 0.15) is 38.5 Å². The van der Waals surface area contributed by atoms with E-state index in [1.54, 1.807) is 0 Å². The number of likely N-dealkylation sites (tertiary alicyclic amines) is 2. The van der Waals surface area contributed by atoms with E-state index in [-0.39, 0.29) is 24.3 Å². The van der Waals surface area contributed by atoms with Gasteiger partial charge >= 0.3 is 0 Å². The van der Waals surface area contributed by atoms with Crippen molar-refractivity contribution in [3.63, 3.8) is 0 Å². The third kappa shape index (κ3) is 3.90. The average Bonchev–Trinajstić information content (AvgIpc) is 2.76. The zero-order valence-electron chi connectivity index (χ0n) is 16.1. The number of hydrogen-bond donors (Lipinski definition) is 0. The summed E-state index contributed by atoms with van der Waals surface area (Å²) in [6.07, 6.45) is 6.30. The second-order valence-corrected chi connectivity index (χ2v) is 8.86. The Bertz CT molecular complexity index is 757. The molecule has 28 heavy (non-hydrogen) atoms. The van der Waals surface area contributed by atoms with Crippen LogP contribution in [0.15, 0.2) is 29.2 Å². The van der Waals surface area contributed by atoms with Crippen LogP contribution in [0, 0.1) is 0 Å². The minimum Gasteiger partial charge on any atom is -0.341 e. The maximum absolute atomic E-state index is 13.3. The average molecular weight is 402 g/mol. The molecule has 0 aromatic heterocycles. The Balaban J connectivity index is 1.56. The van der Waals surface area contributed by atoms with Crippen molar-refractivity contribution in [1.29, 1.82) is 0 Å². The van der Waals surface area contributed by atoms with Crippen LogP contribution in [0.4, 0.5) is 5.69 Å². The van der Waals surface area contributed by atoms with Crippen molar-refractivity contribution in [1.82, 2.24) is 9.80 Å². The maximum Gasteiger partial charge on any atom is 0.250 e. The predicted octanol–water partition coefficient (Wildman–Crippen LogP) is 2.52. The maximum atomic E-state index is 13.3. The molecule has 1 unspecified atom stereocenters. The first-order valence-electron chi connectivity index (χ1n) is 10.3. The van der Waals surface area contributed by atoms with E-state index in [4.69, 9.17) is 0 Å². The van der Waals surface area contributed by atoms with E-state index in [1.807, 2.05) is 34.1 Å². The molecule has 0 bridgehead atoms. The number of nitrogens with zero attached hydrogens (tertiary/aromatic N) is 3. The third-order valence-electron chi connectivity index (χ3n) is 5.79. The molecule has 1 aromatic rings. The summed E-state index contributed by atoms with van der Waals surface area (Å²) in [6.45, 7) is 2.97. The van der Waals surface area contributed by atoms with Crippen molar-refractivity contribution in [2.24, 2.45) is 0 Å². The highest BCUT2D eigenvalue weighted by Gasteiger charge is 2.41. The summed E-state index contributed by atoms with van der Waals surface area (Å²) >= 11 is 1.33. The first kappa shape index (κ1) is 19.3. The molecule has 1 atom stereocenters. The fourth-order valence-corrected chi connectivity index (χ4v) is 5.38. The van der Waals surface area contributed by atoms with Crippen molar-refractivity contribution in [3.05, 3.63) is 24.3 Å². The van der Waals surface area contributed by atoms with E-state index < -0.39 is 5.25 Å². The molecule has 3 amide bonds. The Morgan fingerprint density at radius 1 is 0.893 bits per heavy atom. The molecule has 0 spiro atoms. The fourth-order valence-electron chi connectivity index (χ4n) is 4.20. The van der Waals surface area contributed by atoms with Crippen LogP contribution >= 0.6 is 11.8 Å². The minimum absolute atomic E-state index is 0.0141. The number of benzene rings is 1. The summed E-state index contributed by atoms with van der Waals surface area (Å²) < 4.78 is 0. The Kier molecular flexibility index (Phi) is 5.90. The Hall–Kier alpha value is -2.02. The zero-order chi connectivity index (χ0) is 19.5. The predicted molar refractivity (Wildman–Crippen MR) is 109 cm³/mol. The molecule has 6 nitrogen and oxygen atoms in total. The van der Waals surface area contributed by atoms with Gasteiger partial charge in [0.05, 0.1) is 5.69 Å². The van der Waals surface area contributed by atoms with Gasteiger partial charge in [-0.3, -0.25) is 14.4 Å². The number of hydrogen-bond acceptors (Lipinski definition) is 4. The summed E-state index contributed by atoms with van der Waals surface area (Å²) in [5, 5.41) is -0.790. The molecule has 7 heteroatoms. The van der Waals surface area contributed by atoms with Crippen LogP contribution in [0.25, 0.3) is 0 Å². The lowest BCUT2D eigenvalue weighted by atomic mass is 10.1. The highest BCUT2D eigenvalue weighted by Crippen LogP contribution is 2.40. The molecule has 0 saturated carbocycles. The molecule has 3 aliphatic rings. The molecule has 0 N–H and O–H groups in total. The molecule has 0 radical (unpaired) electrons. The quantitative estimate of drug-likeness (QED) is 0.731. The van der Waals surface area contributed by atoms with Gasteiger partial charge in [0.25, 0.3) is 5.91 Å². The van der Waals surface area contributed by atoms with E-state index in [9.17, 15) is 14.4 Å². The number of rotatable bonds is 3. The molecule has 2 fully saturated rings. The van der Waals surface area contributed by atoms with E-state index in [0.29, 0.717) is 0 Å². The Morgan fingerprint density at radius 3 is 2.18 bits per heavy atom. The van der Waals surface area contributed by atoms with Crippen LogP contribution in [0.5, 0.6) is 0 Å². The van der Waals surface area contributed by atoms with E-state index in [0.717, 1.165) is 75.3 Å². The lowest BCUT2D eigenvalue weighted by Gasteiger charge is -2.37. The normalized spacial score (nSPS) is 22.8. The van der Waals surface area contributed by atoms with E-state index in [2.05, 4.69) is 0 Å². The van der Waals surface area contributed by atoms with Gasteiger partial charge in [-0.15, -0.1) is 11.8 Å². The van der Waals surface area contributed by atoms with Gasteiger partial charge in [-0.25, -0.2) is 0 Å². The molecule has 4 rings (SSSR count). The molecule has 150 valence electrons. The van der Waals surface area contributed by atoms with Gasteiger partial charge in [0.15, 0.2) is 5.25 Å². The third-order valence-corrected chi connectivity index (χ3v) is 7.02. The lowest BCUT2D eigenvalue weighted by molar-refractivity contribution is -0.137. The zero-order valence-corrected chi connectivity index (χ0v) is 17.0. The molecular formula is C21H27N3O3S. The number of para-hydroxylation sites is 1. The second kappa shape index (κ2) is 8.55. The largest absolute Gasteiger partial charge is 0.341 e. The van der Waals surface area contributed by atoms with Crippen LogP contribution in [0.2, 0.25) is 0 Å². The number of anilines is 1. The highest BCUT2D eigenvalue weighted by molar-refractivity contribution is 8.01. The van der Waals surface area contributed by atoms with Gasteiger partial charge < -0.3 is 14.7 Å². The molecular weight excluding hydrogens is 374 g/mol. The van der Waals surface area contributed by atoms with E-state index >= 15 is 0 Å². The molecule has 3 heterocycles. The first-order valence-corrected chi connectivity index (χ1v) is 11.2. The number of amides is 3. The highest BCUT2D eigenvalue weighted by atomic mass is 32.2. The molecule has 0 aliphatic carbocycles. The molecule has 3 aliphatic heterocycles. The van der Waals surface area contributed by atoms with Crippen LogP contribution in [0.3, 0.4) is 0 Å². The molecule has 2 saturated heterocycles.